The maximum Gasteiger partial charge on any atom is 0.309 e. The van der Waals surface area contributed by atoms with Gasteiger partial charge in [0.05, 0.1) is 25.1 Å². The Hall–Kier alpha value is -1.40. The molecule has 1 aromatic carbocycles. The third-order valence-electron chi connectivity index (χ3n) is 4.32. The van der Waals surface area contributed by atoms with E-state index < -0.39 is 0 Å². The molecule has 1 aromatic rings. The average molecular weight is 397 g/mol. The number of hydrogen-bond donors (Lipinski definition) is 1. The summed E-state index contributed by atoms with van der Waals surface area (Å²) in [6.07, 6.45) is 1.52. The molecule has 1 aliphatic rings. The smallest absolute Gasteiger partial charge is 0.309 e. The normalized spacial score (nSPS) is 17.3. The molecule has 132 valence electrons. The quantitative estimate of drug-likeness (QED) is 0.750. The number of nitrogens with zero attached hydrogens (tertiary/aromatic N) is 1. The van der Waals surface area contributed by atoms with Crippen LogP contribution in [0.25, 0.3) is 0 Å². The number of nitrogens with one attached hydrogen (secondary N) is 1. The molecule has 1 fully saturated rings. The van der Waals surface area contributed by atoms with Crippen molar-refractivity contribution in [3.63, 3.8) is 0 Å². The molecule has 0 radical (unpaired) electrons. The predicted molar refractivity (Wildman–Crippen MR) is 96.5 cm³/mol. The number of esters is 1. The van der Waals surface area contributed by atoms with E-state index in [1.54, 1.807) is 0 Å². The van der Waals surface area contributed by atoms with Crippen LogP contribution in [0.3, 0.4) is 0 Å². The maximum atomic E-state index is 12.2. The number of benzene rings is 1. The minimum atomic E-state index is -0.106. The first-order valence-corrected chi connectivity index (χ1v) is 9.22. The van der Waals surface area contributed by atoms with Gasteiger partial charge >= 0.3 is 5.97 Å². The van der Waals surface area contributed by atoms with Crippen molar-refractivity contribution in [3.8, 4) is 0 Å². The van der Waals surface area contributed by atoms with Gasteiger partial charge < -0.3 is 10.1 Å². The first kappa shape index (κ1) is 18.9. The fourth-order valence-corrected chi connectivity index (χ4v) is 3.18. The Bertz CT molecular complexity index is 554. The first-order valence-electron chi connectivity index (χ1n) is 8.43. The van der Waals surface area contributed by atoms with Crippen LogP contribution in [0.5, 0.6) is 0 Å². The lowest BCUT2D eigenvalue weighted by Crippen LogP contribution is -2.43. The number of ether oxygens (including phenoxy) is 1. The summed E-state index contributed by atoms with van der Waals surface area (Å²) in [5.74, 6) is -0.114. The van der Waals surface area contributed by atoms with Gasteiger partial charge in [-0.15, -0.1) is 0 Å². The predicted octanol–water partition coefficient (Wildman–Crippen LogP) is 2.90. The molecule has 24 heavy (non-hydrogen) atoms. The number of carbonyl (C=O) groups is 2. The number of halogens is 1. The van der Waals surface area contributed by atoms with Gasteiger partial charge in [0.25, 0.3) is 0 Å². The van der Waals surface area contributed by atoms with Crippen molar-refractivity contribution in [2.24, 2.45) is 5.92 Å². The van der Waals surface area contributed by atoms with Crippen LogP contribution in [0.1, 0.15) is 38.3 Å². The number of rotatable bonds is 6. The fourth-order valence-electron chi connectivity index (χ4n) is 2.91. The topological polar surface area (TPSA) is 58.6 Å². The lowest BCUT2D eigenvalue weighted by atomic mass is 9.97. The molecule has 0 bridgehead atoms. The molecule has 0 saturated carbocycles. The third-order valence-corrected chi connectivity index (χ3v) is 4.85. The lowest BCUT2D eigenvalue weighted by Gasteiger charge is -2.30. The van der Waals surface area contributed by atoms with E-state index in [0.29, 0.717) is 13.2 Å². The van der Waals surface area contributed by atoms with E-state index >= 15 is 0 Å². The Morgan fingerprint density at radius 3 is 2.50 bits per heavy atom. The van der Waals surface area contributed by atoms with E-state index in [4.69, 9.17) is 4.74 Å². The Labute approximate surface area is 151 Å². The highest BCUT2D eigenvalue weighted by atomic mass is 79.9. The van der Waals surface area contributed by atoms with E-state index in [9.17, 15) is 9.59 Å². The van der Waals surface area contributed by atoms with E-state index in [-0.39, 0.29) is 23.8 Å². The van der Waals surface area contributed by atoms with Crippen LogP contribution in [-0.4, -0.2) is 43.0 Å². The largest absolute Gasteiger partial charge is 0.466 e. The van der Waals surface area contributed by atoms with Crippen molar-refractivity contribution in [1.29, 1.82) is 0 Å². The van der Waals surface area contributed by atoms with E-state index in [0.717, 1.165) is 36.0 Å². The summed E-state index contributed by atoms with van der Waals surface area (Å²) in [5.41, 5.74) is 1.08. The summed E-state index contributed by atoms with van der Waals surface area (Å²) in [4.78, 5) is 26.1. The fraction of sp³-hybridized carbons (Fsp3) is 0.556. The van der Waals surface area contributed by atoms with Crippen molar-refractivity contribution in [3.05, 3.63) is 34.3 Å². The van der Waals surface area contributed by atoms with Gasteiger partial charge in [0, 0.05) is 4.47 Å². The van der Waals surface area contributed by atoms with Crippen LogP contribution in [0, 0.1) is 5.92 Å². The number of hydrogen-bond acceptors (Lipinski definition) is 4. The van der Waals surface area contributed by atoms with Gasteiger partial charge in [0.15, 0.2) is 0 Å². The van der Waals surface area contributed by atoms with Crippen LogP contribution in [-0.2, 0) is 14.3 Å². The minimum absolute atomic E-state index is 0.0139. The molecule has 0 unspecified atom stereocenters. The van der Waals surface area contributed by atoms with Crippen LogP contribution < -0.4 is 5.32 Å². The van der Waals surface area contributed by atoms with Gasteiger partial charge in [0.1, 0.15) is 0 Å². The first-order chi connectivity index (χ1) is 11.5. The van der Waals surface area contributed by atoms with E-state index in [1.165, 1.54) is 0 Å². The lowest BCUT2D eigenvalue weighted by molar-refractivity contribution is -0.149. The highest BCUT2D eigenvalue weighted by Crippen LogP contribution is 2.19. The monoisotopic (exact) mass is 396 g/mol. The Morgan fingerprint density at radius 1 is 1.29 bits per heavy atom. The summed E-state index contributed by atoms with van der Waals surface area (Å²) >= 11 is 3.41. The SMILES string of the molecule is CCOC(=O)C1CCN(CC(=O)N[C@@H](C)c2ccc(Br)cc2)CC1. The molecule has 1 saturated heterocycles. The second-order valence-electron chi connectivity index (χ2n) is 6.14. The summed E-state index contributed by atoms with van der Waals surface area (Å²) in [6.45, 7) is 6.11. The summed E-state index contributed by atoms with van der Waals surface area (Å²) in [7, 11) is 0. The number of amides is 1. The zero-order chi connectivity index (χ0) is 17.5. The van der Waals surface area contributed by atoms with Crippen molar-refractivity contribution in [2.45, 2.75) is 32.7 Å². The van der Waals surface area contributed by atoms with Gasteiger partial charge in [-0.3, -0.25) is 14.5 Å². The van der Waals surface area contributed by atoms with Crippen molar-refractivity contribution < 1.29 is 14.3 Å². The van der Waals surface area contributed by atoms with Gasteiger partial charge in [-0.05, 0) is 57.5 Å². The third kappa shape index (κ3) is 5.60. The molecule has 0 aromatic heterocycles. The summed E-state index contributed by atoms with van der Waals surface area (Å²) < 4.78 is 6.09. The molecule has 2 rings (SSSR count). The molecule has 1 atom stereocenters. The molecule has 1 aliphatic heterocycles. The molecular weight excluding hydrogens is 372 g/mol. The Morgan fingerprint density at radius 2 is 1.92 bits per heavy atom. The molecule has 0 aliphatic carbocycles. The number of likely N-dealkylation sites (tertiary alicyclic amines) is 1. The highest BCUT2D eigenvalue weighted by molar-refractivity contribution is 9.10. The maximum absolute atomic E-state index is 12.2. The average Bonchev–Trinajstić information content (AvgIpc) is 2.56. The van der Waals surface area contributed by atoms with Crippen molar-refractivity contribution in [1.82, 2.24) is 10.2 Å². The van der Waals surface area contributed by atoms with Crippen molar-refractivity contribution >= 4 is 27.8 Å². The Balaban J connectivity index is 1.75. The molecule has 5 nitrogen and oxygen atoms in total. The highest BCUT2D eigenvalue weighted by Gasteiger charge is 2.26. The second kappa shape index (κ2) is 9.18. The van der Waals surface area contributed by atoms with Crippen LogP contribution in [0.15, 0.2) is 28.7 Å². The van der Waals surface area contributed by atoms with Gasteiger partial charge in [-0.2, -0.15) is 0 Å². The van der Waals surface area contributed by atoms with E-state index in [1.807, 2.05) is 38.1 Å². The summed E-state index contributed by atoms with van der Waals surface area (Å²) in [5, 5.41) is 3.03. The minimum Gasteiger partial charge on any atom is -0.466 e. The number of carbonyl (C=O) groups excluding carboxylic acids is 2. The molecule has 6 heteroatoms. The van der Waals surface area contributed by atoms with Crippen LogP contribution in [0.2, 0.25) is 0 Å². The van der Waals surface area contributed by atoms with E-state index in [2.05, 4.69) is 26.1 Å². The molecule has 0 spiro atoms. The standard InChI is InChI=1S/C18H25BrN2O3/c1-3-24-18(23)15-8-10-21(11-9-15)12-17(22)20-13(2)14-4-6-16(19)7-5-14/h4-7,13,15H,3,8-12H2,1-2H3,(H,20,22)/t13-/m0/s1. The zero-order valence-corrected chi connectivity index (χ0v) is 15.8. The van der Waals surface area contributed by atoms with Gasteiger partial charge in [-0.1, -0.05) is 28.1 Å². The zero-order valence-electron chi connectivity index (χ0n) is 14.3. The van der Waals surface area contributed by atoms with Crippen LogP contribution >= 0.6 is 15.9 Å². The Kier molecular flexibility index (Phi) is 7.24. The molecular formula is C18H25BrN2O3. The summed E-state index contributed by atoms with van der Waals surface area (Å²) in [6, 6.07) is 7.92. The molecule has 1 amide bonds. The molecule has 1 heterocycles. The second-order valence-corrected chi connectivity index (χ2v) is 7.06. The number of piperidine rings is 1. The van der Waals surface area contributed by atoms with Gasteiger partial charge in [-0.25, -0.2) is 0 Å². The van der Waals surface area contributed by atoms with Gasteiger partial charge in [0.2, 0.25) is 5.91 Å². The van der Waals surface area contributed by atoms with Crippen LogP contribution in [0.4, 0.5) is 0 Å². The van der Waals surface area contributed by atoms with Crippen molar-refractivity contribution in [2.75, 3.05) is 26.2 Å². The molecule has 1 N–H and O–H groups in total.